The number of methoxy groups -OCH3 is 2. The SMILES string of the molecule is COc1ccc(C(CC(=O)O)NC(=O)c2ccc(C)o2)cc1OC. The second-order valence-electron chi connectivity index (χ2n) is 5.15. The largest absolute Gasteiger partial charge is 0.493 e. The number of aliphatic carboxylic acids is 1. The third-order valence-corrected chi connectivity index (χ3v) is 3.46. The van der Waals surface area contributed by atoms with Crippen molar-refractivity contribution in [1.82, 2.24) is 5.32 Å². The molecule has 0 aliphatic heterocycles. The number of hydrogen-bond acceptors (Lipinski definition) is 5. The molecule has 1 aromatic heterocycles. The van der Waals surface area contributed by atoms with Crippen molar-refractivity contribution in [3.05, 3.63) is 47.4 Å². The maximum Gasteiger partial charge on any atom is 0.305 e. The minimum atomic E-state index is -1.04. The van der Waals surface area contributed by atoms with E-state index in [4.69, 9.17) is 19.0 Å². The molecule has 0 saturated carbocycles. The third kappa shape index (κ3) is 4.07. The van der Waals surface area contributed by atoms with Gasteiger partial charge in [0, 0.05) is 0 Å². The van der Waals surface area contributed by atoms with Crippen molar-refractivity contribution in [3.8, 4) is 11.5 Å². The number of nitrogens with one attached hydrogen (secondary N) is 1. The number of carboxylic acids is 1. The Morgan fingerprint density at radius 2 is 1.88 bits per heavy atom. The van der Waals surface area contributed by atoms with Crippen LogP contribution in [0, 0.1) is 6.92 Å². The first-order valence-corrected chi connectivity index (χ1v) is 7.25. The van der Waals surface area contributed by atoms with E-state index in [-0.39, 0.29) is 12.2 Å². The highest BCUT2D eigenvalue weighted by atomic mass is 16.5. The van der Waals surface area contributed by atoms with Gasteiger partial charge in [-0.3, -0.25) is 9.59 Å². The Morgan fingerprint density at radius 3 is 2.42 bits per heavy atom. The molecule has 7 nitrogen and oxygen atoms in total. The summed E-state index contributed by atoms with van der Waals surface area (Å²) in [4.78, 5) is 23.4. The minimum Gasteiger partial charge on any atom is -0.493 e. The monoisotopic (exact) mass is 333 g/mol. The Hall–Kier alpha value is -2.96. The van der Waals surface area contributed by atoms with E-state index in [2.05, 4.69) is 5.32 Å². The Balaban J connectivity index is 2.28. The van der Waals surface area contributed by atoms with Gasteiger partial charge in [-0.15, -0.1) is 0 Å². The lowest BCUT2D eigenvalue weighted by atomic mass is 10.0. The molecule has 0 spiro atoms. The van der Waals surface area contributed by atoms with E-state index in [0.717, 1.165) is 0 Å². The molecule has 0 aliphatic carbocycles. The molecule has 1 unspecified atom stereocenters. The molecular formula is C17H19NO6. The number of amides is 1. The molecule has 0 radical (unpaired) electrons. The van der Waals surface area contributed by atoms with Gasteiger partial charge < -0.3 is 24.3 Å². The molecule has 1 aromatic carbocycles. The summed E-state index contributed by atoms with van der Waals surface area (Å²) in [7, 11) is 2.99. The van der Waals surface area contributed by atoms with Crippen LogP contribution in [0.4, 0.5) is 0 Å². The Labute approximate surface area is 139 Å². The summed E-state index contributed by atoms with van der Waals surface area (Å²) in [6, 6.07) is 7.45. The predicted molar refractivity (Wildman–Crippen MR) is 85.5 cm³/mol. The van der Waals surface area contributed by atoms with Crippen molar-refractivity contribution < 1.29 is 28.6 Å². The van der Waals surface area contributed by atoms with Gasteiger partial charge in [0.25, 0.3) is 5.91 Å². The van der Waals surface area contributed by atoms with Gasteiger partial charge in [0.05, 0.1) is 26.7 Å². The molecule has 1 heterocycles. The molecular weight excluding hydrogens is 314 g/mol. The number of hydrogen-bond donors (Lipinski definition) is 2. The lowest BCUT2D eigenvalue weighted by Crippen LogP contribution is -2.30. The second kappa shape index (κ2) is 7.54. The first kappa shape index (κ1) is 17.4. The zero-order chi connectivity index (χ0) is 17.7. The number of ether oxygens (including phenoxy) is 2. The van der Waals surface area contributed by atoms with E-state index in [1.165, 1.54) is 20.3 Å². The molecule has 128 valence electrons. The summed E-state index contributed by atoms with van der Waals surface area (Å²) >= 11 is 0. The molecule has 0 aliphatic rings. The zero-order valence-corrected chi connectivity index (χ0v) is 13.7. The molecule has 7 heteroatoms. The fraction of sp³-hybridized carbons (Fsp3) is 0.294. The maximum atomic E-state index is 12.2. The number of furan rings is 1. The third-order valence-electron chi connectivity index (χ3n) is 3.46. The van der Waals surface area contributed by atoms with Crippen LogP contribution in [0.15, 0.2) is 34.7 Å². The van der Waals surface area contributed by atoms with Crippen LogP contribution in [0.5, 0.6) is 11.5 Å². The Kier molecular flexibility index (Phi) is 5.47. The van der Waals surface area contributed by atoms with Crippen LogP contribution in [-0.2, 0) is 4.79 Å². The van der Waals surface area contributed by atoms with Crippen LogP contribution in [0.3, 0.4) is 0 Å². The summed E-state index contributed by atoms with van der Waals surface area (Å²) in [6.07, 6.45) is -0.277. The predicted octanol–water partition coefficient (Wildman–Crippen LogP) is 2.55. The molecule has 1 amide bonds. The quantitative estimate of drug-likeness (QED) is 0.808. The van der Waals surface area contributed by atoms with Crippen LogP contribution in [0.25, 0.3) is 0 Å². The number of carbonyl (C=O) groups excluding carboxylic acids is 1. The average molecular weight is 333 g/mol. The Morgan fingerprint density at radius 1 is 1.17 bits per heavy atom. The van der Waals surface area contributed by atoms with E-state index in [1.54, 1.807) is 31.2 Å². The van der Waals surface area contributed by atoms with E-state index in [9.17, 15) is 9.59 Å². The van der Waals surface area contributed by atoms with E-state index in [1.807, 2.05) is 0 Å². The summed E-state index contributed by atoms with van der Waals surface area (Å²) in [5.41, 5.74) is 0.590. The standard InChI is InChI=1S/C17H19NO6/c1-10-4-6-14(24-10)17(21)18-12(9-16(19)20)11-5-7-13(22-2)15(8-11)23-3/h4-8,12H,9H2,1-3H3,(H,18,21)(H,19,20). The minimum absolute atomic E-state index is 0.128. The number of carboxylic acid groups (broad SMARTS) is 1. The van der Waals surface area contributed by atoms with Crippen molar-refractivity contribution in [1.29, 1.82) is 0 Å². The highest BCUT2D eigenvalue weighted by Crippen LogP contribution is 2.31. The topological polar surface area (TPSA) is 98.0 Å². The van der Waals surface area contributed by atoms with Crippen molar-refractivity contribution in [2.75, 3.05) is 14.2 Å². The van der Waals surface area contributed by atoms with Gasteiger partial charge in [0.15, 0.2) is 17.3 Å². The second-order valence-corrected chi connectivity index (χ2v) is 5.15. The van der Waals surface area contributed by atoms with Gasteiger partial charge in [-0.25, -0.2) is 0 Å². The number of benzene rings is 1. The summed E-state index contributed by atoms with van der Waals surface area (Å²) in [5.74, 6) is 0.177. The van der Waals surface area contributed by atoms with Crippen molar-refractivity contribution in [2.24, 2.45) is 0 Å². The average Bonchev–Trinajstić information content (AvgIpc) is 2.99. The zero-order valence-electron chi connectivity index (χ0n) is 13.7. The molecule has 2 rings (SSSR count). The normalized spacial score (nSPS) is 11.6. The number of aryl methyl sites for hydroxylation is 1. The number of rotatable bonds is 7. The van der Waals surface area contributed by atoms with Gasteiger partial charge in [0.1, 0.15) is 5.76 Å². The van der Waals surface area contributed by atoms with Crippen LogP contribution >= 0.6 is 0 Å². The molecule has 2 N–H and O–H groups in total. The molecule has 0 saturated heterocycles. The van der Waals surface area contributed by atoms with Gasteiger partial charge in [-0.1, -0.05) is 6.07 Å². The van der Waals surface area contributed by atoms with Crippen molar-refractivity contribution >= 4 is 11.9 Å². The highest BCUT2D eigenvalue weighted by molar-refractivity contribution is 5.92. The first-order chi connectivity index (χ1) is 11.4. The summed E-state index contributed by atoms with van der Waals surface area (Å²) in [6.45, 7) is 1.72. The van der Waals surface area contributed by atoms with Gasteiger partial charge in [0.2, 0.25) is 0 Å². The Bertz CT molecular complexity index is 736. The van der Waals surface area contributed by atoms with Crippen LogP contribution in [0.2, 0.25) is 0 Å². The lowest BCUT2D eigenvalue weighted by molar-refractivity contribution is -0.137. The molecule has 2 aromatic rings. The van der Waals surface area contributed by atoms with E-state index >= 15 is 0 Å². The van der Waals surface area contributed by atoms with Crippen molar-refractivity contribution in [3.63, 3.8) is 0 Å². The van der Waals surface area contributed by atoms with Crippen LogP contribution in [-0.4, -0.2) is 31.2 Å². The first-order valence-electron chi connectivity index (χ1n) is 7.25. The number of carbonyl (C=O) groups is 2. The van der Waals surface area contributed by atoms with E-state index in [0.29, 0.717) is 22.8 Å². The highest BCUT2D eigenvalue weighted by Gasteiger charge is 2.22. The molecule has 0 fully saturated rings. The van der Waals surface area contributed by atoms with Crippen molar-refractivity contribution in [2.45, 2.75) is 19.4 Å². The lowest BCUT2D eigenvalue weighted by Gasteiger charge is -2.18. The fourth-order valence-electron chi connectivity index (χ4n) is 2.28. The van der Waals surface area contributed by atoms with Gasteiger partial charge >= 0.3 is 5.97 Å². The smallest absolute Gasteiger partial charge is 0.305 e. The summed E-state index contributed by atoms with van der Waals surface area (Å²) < 4.78 is 15.6. The molecule has 24 heavy (non-hydrogen) atoms. The van der Waals surface area contributed by atoms with Gasteiger partial charge in [-0.2, -0.15) is 0 Å². The fourth-order valence-corrected chi connectivity index (χ4v) is 2.28. The molecule has 1 atom stereocenters. The van der Waals surface area contributed by atoms with Crippen LogP contribution < -0.4 is 14.8 Å². The van der Waals surface area contributed by atoms with E-state index < -0.39 is 17.9 Å². The molecule has 0 bridgehead atoms. The van der Waals surface area contributed by atoms with Gasteiger partial charge in [-0.05, 0) is 36.8 Å². The van der Waals surface area contributed by atoms with Crippen LogP contribution in [0.1, 0.15) is 34.3 Å². The maximum absolute atomic E-state index is 12.2. The summed E-state index contributed by atoms with van der Waals surface area (Å²) in [5, 5.41) is 11.8.